The highest BCUT2D eigenvalue weighted by Gasteiger charge is 2.47. The summed E-state index contributed by atoms with van der Waals surface area (Å²) in [4.78, 5) is 15.9. The van der Waals surface area contributed by atoms with Gasteiger partial charge in [-0.15, -0.1) is 0 Å². The summed E-state index contributed by atoms with van der Waals surface area (Å²) in [5, 5.41) is 9.50. The number of carboxylic acid groups (broad SMARTS) is 1. The Labute approximate surface area is 90.9 Å². The van der Waals surface area contributed by atoms with Crippen LogP contribution in [0.3, 0.4) is 0 Å². The fourth-order valence-corrected chi connectivity index (χ4v) is 2.96. The van der Waals surface area contributed by atoms with E-state index in [-0.39, 0.29) is 0 Å². The summed E-state index contributed by atoms with van der Waals surface area (Å²) < 4.78 is 0. The Kier molecular flexibility index (Phi) is 2.98. The normalized spacial score (nSPS) is 34.5. The quantitative estimate of drug-likeness (QED) is 0.729. The largest absolute Gasteiger partial charge is 0.480 e. The van der Waals surface area contributed by atoms with E-state index in [2.05, 4.69) is 9.80 Å². The second-order valence-corrected chi connectivity index (χ2v) is 4.87. The lowest BCUT2D eigenvalue weighted by atomic mass is 9.87. The standard InChI is InChI=1S/C11H20N2O2/c1-12-6-4-5-11(9-12,10(14)15)13-7-2-3-8-13/h2-9H2,1H3,(H,14,15). The monoisotopic (exact) mass is 212 g/mol. The first-order valence-corrected chi connectivity index (χ1v) is 5.82. The first-order chi connectivity index (χ1) is 7.15. The van der Waals surface area contributed by atoms with Crippen LogP contribution in [-0.4, -0.2) is 59.6 Å². The third-order valence-corrected chi connectivity index (χ3v) is 3.77. The van der Waals surface area contributed by atoms with Crippen LogP contribution in [0.25, 0.3) is 0 Å². The van der Waals surface area contributed by atoms with E-state index in [1.54, 1.807) is 0 Å². The molecule has 1 atom stereocenters. The van der Waals surface area contributed by atoms with Crippen LogP contribution in [0.2, 0.25) is 0 Å². The molecule has 2 heterocycles. The van der Waals surface area contributed by atoms with Crippen LogP contribution >= 0.6 is 0 Å². The minimum Gasteiger partial charge on any atom is -0.480 e. The number of likely N-dealkylation sites (tertiary alicyclic amines) is 2. The number of hydrogen-bond donors (Lipinski definition) is 1. The maximum Gasteiger partial charge on any atom is 0.325 e. The lowest BCUT2D eigenvalue weighted by Crippen LogP contribution is -2.61. The number of carbonyl (C=O) groups is 1. The Morgan fingerprint density at radius 2 is 1.87 bits per heavy atom. The summed E-state index contributed by atoms with van der Waals surface area (Å²) in [5.41, 5.74) is -0.594. The summed E-state index contributed by atoms with van der Waals surface area (Å²) in [6.07, 6.45) is 4.11. The highest BCUT2D eigenvalue weighted by Crippen LogP contribution is 2.30. The van der Waals surface area contributed by atoms with Crippen LogP contribution in [0, 0.1) is 0 Å². The Morgan fingerprint density at radius 1 is 1.20 bits per heavy atom. The van der Waals surface area contributed by atoms with Crippen LogP contribution in [0.4, 0.5) is 0 Å². The molecule has 1 unspecified atom stereocenters. The van der Waals surface area contributed by atoms with Crippen molar-refractivity contribution in [2.24, 2.45) is 0 Å². The van der Waals surface area contributed by atoms with Gasteiger partial charge in [-0.2, -0.15) is 0 Å². The average Bonchev–Trinajstić information content (AvgIpc) is 2.70. The van der Waals surface area contributed by atoms with Gasteiger partial charge in [0.1, 0.15) is 5.54 Å². The van der Waals surface area contributed by atoms with Crippen LogP contribution < -0.4 is 0 Å². The summed E-state index contributed by atoms with van der Waals surface area (Å²) in [7, 11) is 2.02. The number of hydrogen-bond acceptors (Lipinski definition) is 3. The van der Waals surface area contributed by atoms with Crippen molar-refractivity contribution >= 4 is 5.97 Å². The van der Waals surface area contributed by atoms with Crippen molar-refractivity contribution in [2.45, 2.75) is 31.2 Å². The Morgan fingerprint density at radius 3 is 2.40 bits per heavy atom. The van der Waals surface area contributed by atoms with Gasteiger partial charge in [-0.1, -0.05) is 0 Å². The molecule has 0 radical (unpaired) electrons. The average molecular weight is 212 g/mol. The minimum atomic E-state index is -0.629. The summed E-state index contributed by atoms with van der Waals surface area (Å²) in [5.74, 6) is -0.629. The van der Waals surface area contributed by atoms with Gasteiger partial charge in [-0.25, -0.2) is 0 Å². The zero-order chi connectivity index (χ0) is 10.9. The summed E-state index contributed by atoms with van der Waals surface area (Å²) in [6, 6.07) is 0. The molecule has 2 fully saturated rings. The first-order valence-electron chi connectivity index (χ1n) is 5.82. The first kappa shape index (κ1) is 10.9. The molecule has 15 heavy (non-hydrogen) atoms. The Bertz CT molecular complexity index is 251. The molecule has 2 aliphatic heterocycles. The molecule has 0 aromatic heterocycles. The molecule has 4 nitrogen and oxygen atoms in total. The number of carboxylic acids is 1. The summed E-state index contributed by atoms with van der Waals surface area (Å²) >= 11 is 0. The molecule has 4 heteroatoms. The molecule has 0 bridgehead atoms. The molecule has 0 aromatic rings. The predicted octanol–water partition coefficient (Wildman–Crippen LogP) is 0.631. The van der Waals surface area contributed by atoms with E-state index in [0.717, 1.165) is 45.3 Å². The third kappa shape index (κ3) is 1.88. The van der Waals surface area contributed by atoms with Crippen LogP contribution in [0.1, 0.15) is 25.7 Å². The molecule has 86 valence electrons. The molecular weight excluding hydrogens is 192 g/mol. The molecule has 0 amide bonds. The van der Waals surface area contributed by atoms with E-state index >= 15 is 0 Å². The number of aliphatic carboxylic acids is 1. The minimum absolute atomic E-state index is 0.594. The highest BCUT2D eigenvalue weighted by molar-refractivity contribution is 5.79. The van der Waals surface area contributed by atoms with Crippen molar-refractivity contribution in [1.29, 1.82) is 0 Å². The molecule has 0 aliphatic carbocycles. The lowest BCUT2D eigenvalue weighted by molar-refractivity contribution is -0.154. The maximum absolute atomic E-state index is 11.5. The van der Waals surface area contributed by atoms with Gasteiger partial charge in [-0.05, 0) is 52.4 Å². The second kappa shape index (κ2) is 4.10. The molecule has 2 rings (SSSR count). The molecule has 1 N–H and O–H groups in total. The maximum atomic E-state index is 11.5. The Hall–Kier alpha value is -0.610. The zero-order valence-electron chi connectivity index (χ0n) is 9.41. The molecule has 0 aromatic carbocycles. The van der Waals surface area contributed by atoms with Crippen molar-refractivity contribution in [3.05, 3.63) is 0 Å². The highest BCUT2D eigenvalue weighted by atomic mass is 16.4. The van der Waals surface area contributed by atoms with Gasteiger partial charge in [0.15, 0.2) is 0 Å². The van der Waals surface area contributed by atoms with Crippen molar-refractivity contribution in [3.8, 4) is 0 Å². The van der Waals surface area contributed by atoms with Crippen molar-refractivity contribution in [2.75, 3.05) is 33.2 Å². The molecule has 2 saturated heterocycles. The number of likely N-dealkylation sites (N-methyl/N-ethyl adjacent to an activating group) is 1. The molecule has 2 aliphatic rings. The predicted molar refractivity (Wildman–Crippen MR) is 57.9 cm³/mol. The fourth-order valence-electron chi connectivity index (χ4n) is 2.96. The Balaban J connectivity index is 2.18. The van der Waals surface area contributed by atoms with Gasteiger partial charge in [0, 0.05) is 6.54 Å². The van der Waals surface area contributed by atoms with E-state index in [0.29, 0.717) is 6.54 Å². The topological polar surface area (TPSA) is 43.8 Å². The van der Waals surface area contributed by atoms with Crippen molar-refractivity contribution < 1.29 is 9.90 Å². The van der Waals surface area contributed by atoms with Gasteiger partial charge in [0.25, 0.3) is 0 Å². The van der Waals surface area contributed by atoms with Gasteiger partial charge < -0.3 is 10.0 Å². The number of rotatable bonds is 2. The smallest absolute Gasteiger partial charge is 0.325 e. The van der Waals surface area contributed by atoms with Crippen LogP contribution in [-0.2, 0) is 4.79 Å². The number of piperidine rings is 1. The number of nitrogens with zero attached hydrogens (tertiary/aromatic N) is 2. The van der Waals surface area contributed by atoms with E-state index in [9.17, 15) is 9.90 Å². The van der Waals surface area contributed by atoms with Gasteiger partial charge in [0.05, 0.1) is 0 Å². The second-order valence-electron chi connectivity index (χ2n) is 4.87. The van der Waals surface area contributed by atoms with Crippen molar-refractivity contribution in [3.63, 3.8) is 0 Å². The lowest BCUT2D eigenvalue weighted by Gasteiger charge is -2.44. The zero-order valence-corrected chi connectivity index (χ0v) is 9.41. The molecular formula is C11H20N2O2. The third-order valence-electron chi connectivity index (χ3n) is 3.77. The van der Waals surface area contributed by atoms with E-state index in [4.69, 9.17) is 0 Å². The van der Waals surface area contributed by atoms with Crippen LogP contribution in [0.5, 0.6) is 0 Å². The molecule has 0 spiro atoms. The van der Waals surface area contributed by atoms with Gasteiger partial charge in [-0.3, -0.25) is 9.69 Å². The summed E-state index contributed by atoms with van der Waals surface area (Å²) in [6.45, 7) is 3.63. The molecule has 0 saturated carbocycles. The van der Waals surface area contributed by atoms with E-state index in [1.807, 2.05) is 7.05 Å². The van der Waals surface area contributed by atoms with E-state index < -0.39 is 11.5 Å². The fraction of sp³-hybridized carbons (Fsp3) is 0.909. The van der Waals surface area contributed by atoms with E-state index in [1.165, 1.54) is 0 Å². The van der Waals surface area contributed by atoms with Crippen molar-refractivity contribution in [1.82, 2.24) is 9.80 Å². The van der Waals surface area contributed by atoms with Gasteiger partial charge in [0.2, 0.25) is 0 Å². The van der Waals surface area contributed by atoms with Crippen LogP contribution in [0.15, 0.2) is 0 Å². The van der Waals surface area contributed by atoms with Gasteiger partial charge >= 0.3 is 5.97 Å². The SMILES string of the molecule is CN1CCCC(C(=O)O)(N2CCCC2)C1.